The molecule has 3 rings (SSSR count). The van der Waals surface area contributed by atoms with E-state index in [-0.39, 0.29) is 29.9 Å². The van der Waals surface area contributed by atoms with Gasteiger partial charge in [0.1, 0.15) is 6.26 Å². The second-order valence-electron chi connectivity index (χ2n) is 6.23. The van der Waals surface area contributed by atoms with Gasteiger partial charge < -0.3 is 24.9 Å². The number of rotatable bonds is 7. The first-order chi connectivity index (χ1) is 13.0. The second kappa shape index (κ2) is 8.50. The minimum atomic E-state index is -1.17. The molecule has 1 fully saturated rings. The van der Waals surface area contributed by atoms with Crippen LogP contribution in [0, 0.1) is 0 Å². The summed E-state index contributed by atoms with van der Waals surface area (Å²) >= 11 is 0. The highest BCUT2D eigenvalue weighted by atomic mass is 16.5. The van der Waals surface area contributed by atoms with Crippen LogP contribution in [0.15, 0.2) is 41.0 Å². The summed E-state index contributed by atoms with van der Waals surface area (Å²) in [5.74, 6) is -1.98. The average molecular weight is 372 g/mol. The molecule has 0 saturated carbocycles. The Balaban J connectivity index is 1.54. The van der Waals surface area contributed by atoms with Gasteiger partial charge in [0.05, 0.1) is 11.7 Å². The van der Waals surface area contributed by atoms with Crippen molar-refractivity contribution < 1.29 is 28.6 Å². The van der Waals surface area contributed by atoms with Crippen LogP contribution in [0.5, 0.6) is 0 Å². The molecule has 0 radical (unpaired) electrons. The third-order valence-electron chi connectivity index (χ3n) is 4.23. The molecule has 1 aromatic carbocycles. The molecular weight excluding hydrogens is 352 g/mol. The molecule has 1 atom stereocenters. The molecule has 1 aliphatic rings. The SMILES string of the molecule is O=C(O)c1coc(C(=O)NCc2cccc(C(=O)NCC3CCCO3)c2)c1. The average Bonchev–Trinajstić information content (AvgIpc) is 3.36. The Bertz CT molecular complexity index is 838. The van der Waals surface area contributed by atoms with Gasteiger partial charge in [-0.25, -0.2) is 4.79 Å². The van der Waals surface area contributed by atoms with Crippen molar-refractivity contribution in [3.05, 3.63) is 59.0 Å². The Hall–Kier alpha value is -3.13. The number of aromatic carboxylic acids is 1. The van der Waals surface area contributed by atoms with Gasteiger partial charge in [-0.3, -0.25) is 9.59 Å². The van der Waals surface area contributed by atoms with Crippen molar-refractivity contribution in [1.29, 1.82) is 0 Å². The molecule has 3 N–H and O–H groups in total. The fourth-order valence-electron chi connectivity index (χ4n) is 2.77. The van der Waals surface area contributed by atoms with Gasteiger partial charge >= 0.3 is 5.97 Å². The fourth-order valence-corrected chi connectivity index (χ4v) is 2.77. The molecule has 2 heterocycles. The van der Waals surface area contributed by atoms with Crippen LogP contribution in [-0.2, 0) is 11.3 Å². The quantitative estimate of drug-likeness (QED) is 0.682. The van der Waals surface area contributed by atoms with Crippen molar-refractivity contribution in [1.82, 2.24) is 10.6 Å². The summed E-state index contributed by atoms with van der Waals surface area (Å²) in [4.78, 5) is 35.1. The third-order valence-corrected chi connectivity index (χ3v) is 4.23. The Morgan fingerprint density at radius 2 is 1.96 bits per heavy atom. The molecule has 2 aromatic rings. The zero-order valence-electron chi connectivity index (χ0n) is 14.6. The molecule has 1 unspecified atom stereocenters. The maximum absolute atomic E-state index is 12.3. The molecule has 142 valence electrons. The number of amides is 2. The minimum Gasteiger partial charge on any atom is -0.478 e. The van der Waals surface area contributed by atoms with E-state index in [0.29, 0.717) is 12.1 Å². The Morgan fingerprint density at radius 3 is 2.67 bits per heavy atom. The second-order valence-corrected chi connectivity index (χ2v) is 6.23. The molecule has 2 amide bonds. The molecule has 1 aromatic heterocycles. The molecule has 0 bridgehead atoms. The first kappa shape index (κ1) is 18.7. The predicted molar refractivity (Wildman–Crippen MR) is 94.6 cm³/mol. The van der Waals surface area contributed by atoms with Crippen LogP contribution in [-0.4, -0.2) is 42.1 Å². The fraction of sp³-hybridized carbons (Fsp3) is 0.316. The highest BCUT2D eigenvalue weighted by Crippen LogP contribution is 2.12. The Morgan fingerprint density at radius 1 is 1.11 bits per heavy atom. The highest BCUT2D eigenvalue weighted by Gasteiger charge is 2.17. The summed E-state index contributed by atoms with van der Waals surface area (Å²) in [6.45, 7) is 1.39. The number of carbonyl (C=O) groups excluding carboxylic acids is 2. The number of furan rings is 1. The third kappa shape index (κ3) is 4.95. The summed E-state index contributed by atoms with van der Waals surface area (Å²) < 4.78 is 10.4. The van der Waals surface area contributed by atoms with Gasteiger partial charge in [0, 0.05) is 31.3 Å². The molecule has 8 nitrogen and oxygen atoms in total. The zero-order valence-corrected chi connectivity index (χ0v) is 14.6. The van der Waals surface area contributed by atoms with Crippen LogP contribution >= 0.6 is 0 Å². The van der Waals surface area contributed by atoms with Gasteiger partial charge in [-0.05, 0) is 30.5 Å². The van der Waals surface area contributed by atoms with Crippen molar-refractivity contribution in [2.45, 2.75) is 25.5 Å². The standard InChI is InChI=1S/C19H20N2O6/c22-17(21-10-15-5-2-6-26-15)13-4-1-3-12(7-13)9-20-18(23)16-8-14(11-27-16)19(24)25/h1,3-4,7-8,11,15H,2,5-6,9-10H2,(H,20,23)(H,21,22)(H,24,25). The lowest BCUT2D eigenvalue weighted by Gasteiger charge is -2.11. The van der Waals surface area contributed by atoms with E-state index in [9.17, 15) is 14.4 Å². The summed E-state index contributed by atoms with van der Waals surface area (Å²) in [5.41, 5.74) is 1.13. The van der Waals surface area contributed by atoms with E-state index in [1.165, 1.54) is 0 Å². The van der Waals surface area contributed by atoms with Gasteiger partial charge in [-0.2, -0.15) is 0 Å². The number of benzene rings is 1. The van der Waals surface area contributed by atoms with Crippen LogP contribution in [0.1, 0.15) is 49.7 Å². The van der Waals surface area contributed by atoms with Gasteiger partial charge in [0.2, 0.25) is 0 Å². The van der Waals surface area contributed by atoms with Crippen molar-refractivity contribution in [3.63, 3.8) is 0 Å². The highest BCUT2D eigenvalue weighted by molar-refractivity contribution is 5.96. The number of carbonyl (C=O) groups is 3. The van der Waals surface area contributed by atoms with Crippen LogP contribution < -0.4 is 10.6 Å². The normalized spacial score (nSPS) is 16.1. The molecule has 1 saturated heterocycles. The number of hydrogen-bond acceptors (Lipinski definition) is 5. The lowest BCUT2D eigenvalue weighted by atomic mass is 10.1. The van der Waals surface area contributed by atoms with Crippen molar-refractivity contribution in [2.24, 2.45) is 0 Å². The molecule has 1 aliphatic heterocycles. The summed E-state index contributed by atoms with van der Waals surface area (Å²) in [5, 5.41) is 14.3. The zero-order chi connectivity index (χ0) is 19.2. The van der Waals surface area contributed by atoms with E-state index in [2.05, 4.69) is 10.6 Å². The summed E-state index contributed by atoms with van der Waals surface area (Å²) in [6, 6.07) is 8.06. The molecular formula is C19H20N2O6. The van der Waals surface area contributed by atoms with Crippen LogP contribution in [0.3, 0.4) is 0 Å². The van der Waals surface area contributed by atoms with Crippen molar-refractivity contribution in [2.75, 3.05) is 13.2 Å². The lowest BCUT2D eigenvalue weighted by Crippen LogP contribution is -2.31. The number of ether oxygens (including phenoxy) is 1. The molecule has 8 heteroatoms. The van der Waals surface area contributed by atoms with E-state index in [0.717, 1.165) is 37.3 Å². The van der Waals surface area contributed by atoms with Crippen LogP contribution in [0.4, 0.5) is 0 Å². The first-order valence-corrected chi connectivity index (χ1v) is 8.61. The molecule has 0 spiro atoms. The number of carboxylic acid groups (broad SMARTS) is 1. The van der Waals surface area contributed by atoms with Crippen molar-refractivity contribution >= 4 is 17.8 Å². The summed E-state index contributed by atoms with van der Waals surface area (Å²) in [7, 11) is 0. The Labute approximate surface area is 155 Å². The number of carboxylic acids is 1. The molecule has 27 heavy (non-hydrogen) atoms. The van der Waals surface area contributed by atoms with E-state index in [1.807, 2.05) is 0 Å². The van der Waals surface area contributed by atoms with Gasteiger partial charge in [-0.15, -0.1) is 0 Å². The Kier molecular flexibility index (Phi) is 5.87. The topological polar surface area (TPSA) is 118 Å². The summed E-state index contributed by atoms with van der Waals surface area (Å²) in [6.07, 6.45) is 3.04. The van der Waals surface area contributed by atoms with Crippen molar-refractivity contribution in [3.8, 4) is 0 Å². The van der Waals surface area contributed by atoms with Gasteiger partial charge in [-0.1, -0.05) is 12.1 Å². The monoisotopic (exact) mass is 372 g/mol. The predicted octanol–water partition coefficient (Wildman–Crippen LogP) is 1.82. The maximum atomic E-state index is 12.3. The largest absolute Gasteiger partial charge is 0.478 e. The molecule has 0 aliphatic carbocycles. The number of hydrogen-bond donors (Lipinski definition) is 3. The van der Waals surface area contributed by atoms with Crippen LogP contribution in [0.25, 0.3) is 0 Å². The number of nitrogens with one attached hydrogen (secondary N) is 2. The van der Waals surface area contributed by atoms with E-state index in [1.54, 1.807) is 24.3 Å². The first-order valence-electron chi connectivity index (χ1n) is 8.61. The van der Waals surface area contributed by atoms with Gasteiger partial charge in [0.15, 0.2) is 5.76 Å². The lowest BCUT2D eigenvalue weighted by molar-refractivity contribution is 0.0695. The van der Waals surface area contributed by atoms with E-state index >= 15 is 0 Å². The van der Waals surface area contributed by atoms with Gasteiger partial charge in [0.25, 0.3) is 11.8 Å². The minimum absolute atomic E-state index is 0.0698. The van der Waals surface area contributed by atoms with Crippen LogP contribution in [0.2, 0.25) is 0 Å². The van der Waals surface area contributed by atoms with E-state index in [4.69, 9.17) is 14.3 Å². The maximum Gasteiger partial charge on any atom is 0.338 e. The smallest absolute Gasteiger partial charge is 0.338 e. The van der Waals surface area contributed by atoms with E-state index < -0.39 is 11.9 Å².